The topological polar surface area (TPSA) is 37.3 Å². The Balaban J connectivity index is 2.95. The molecule has 0 aromatic carbocycles. The van der Waals surface area contributed by atoms with Gasteiger partial charge in [-0.25, -0.2) is 0 Å². The van der Waals surface area contributed by atoms with Gasteiger partial charge in [0.15, 0.2) is 0 Å². The number of aliphatic carboxylic acids is 1. The van der Waals surface area contributed by atoms with Gasteiger partial charge in [-0.05, 0) is 26.2 Å². The average Bonchev–Trinajstić information content (AvgIpc) is 2.20. The number of rotatable bonds is 10. The normalized spacial score (nSPS) is 11.0. The minimum absolute atomic E-state index is 0.335. The molecule has 15 heavy (non-hydrogen) atoms. The molecule has 0 aromatic heterocycles. The van der Waals surface area contributed by atoms with E-state index in [0.717, 1.165) is 12.8 Å². The van der Waals surface area contributed by atoms with Crippen LogP contribution in [0.25, 0.3) is 0 Å². The smallest absolute Gasteiger partial charge is 0.303 e. The maximum absolute atomic E-state index is 10.2. The first kappa shape index (κ1) is 14.2. The fourth-order valence-corrected chi connectivity index (χ4v) is 1.59. The Morgan fingerprint density at radius 3 is 2.07 bits per heavy atom. The lowest BCUT2D eigenvalue weighted by Crippen LogP contribution is -1.93. The summed E-state index contributed by atoms with van der Waals surface area (Å²) >= 11 is 0. The van der Waals surface area contributed by atoms with Crippen molar-refractivity contribution in [2.24, 2.45) is 0 Å². The van der Waals surface area contributed by atoms with E-state index in [1.165, 1.54) is 38.5 Å². The molecule has 0 amide bonds. The Morgan fingerprint density at radius 2 is 1.53 bits per heavy atom. The summed E-state index contributed by atoms with van der Waals surface area (Å²) in [7, 11) is 0. The highest BCUT2D eigenvalue weighted by molar-refractivity contribution is 5.66. The van der Waals surface area contributed by atoms with Gasteiger partial charge in [0, 0.05) is 6.42 Å². The molecule has 88 valence electrons. The Morgan fingerprint density at radius 1 is 1.00 bits per heavy atom. The van der Waals surface area contributed by atoms with Crippen molar-refractivity contribution in [2.75, 3.05) is 0 Å². The van der Waals surface area contributed by atoms with Crippen LogP contribution in [0.3, 0.4) is 0 Å². The van der Waals surface area contributed by atoms with Gasteiger partial charge in [-0.2, -0.15) is 0 Å². The zero-order valence-electron chi connectivity index (χ0n) is 9.87. The summed E-state index contributed by atoms with van der Waals surface area (Å²) in [5.41, 5.74) is 0. The highest BCUT2D eigenvalue weighted by atomic mass is 16.4. The lowest BCUT2D eigenvalue weighted by molar-refractivity contribution is -0.137. The highest BCUT2D eigenvalue weighted by Gasteiger charge is 1.96. The molecule has 0 atom stereocenters. The summed E-state index contributed by atoms with van der Waals surface area (Å²) in [6.45, 7) is 2.06. The number of unbranched alkanes of at least 4 members (excludes halogenated alkanes) is 7. The summed E-state index contributed by atoms with van der Waals surface area (Å²) < 4.78 is 0. The van der Waals surface area contributed by atoms with Crippen LogP contribution in [0.15, 0.2) is 12.2 Å². The fourth-order valence-electron chi connectivity index (χ4n) is 1.59. The largest absolute Gasteiger partial charge is 0.481 e. The summed E-state index contributed by atoms with van der Waals surface area (Å²) in [6.07, 6.45) is 14.1. The molecule has 0 aliphatic rings. The second-order valence-corrected chi connectivity index (χ2v) is 3.98. The zero-order chi connectivity index (χ0) is 11.4. The minimum Gasteiger partial charge on any atom is -0.481 e. The van der Waals surface area contributed by atoms with Crippen molar-refractivity contribution < 1.29 is 9.90 Å². The lowest BCUT2D eigenvalue weighted by atomic mass is 10.1. The van der Waals surface area contributed by atoms with Crippen molar-refractivity contribution in [2.45, 2.75) is 64.7 Å². The number of allylic oxidation sites excluding steroid dienone is 2. The fraction of sp³-hybridized carbons (Fsp3) is 0.769. The third-order valence-electron chi connectivity index (χ3n) is 2.50. The van der Waals surface area contributed by atoms with E-state index in [4.69, 9.17) is 5.11 Å². The van der Waals surface area contributed by atoms with Crippen LogP contribution in [0.4, 0.5) is 0 Å². The summed E-state index contributed by atoms with van der Waals surface area (Å²) in [6, 6.07) is 0. The first-order valence-electron chi connectivity index (χ1n) is 6.10. The van der Waals surface area contributed by atoms with E-state index in [1.807, 2.05) is 0 Å². The monoisotopic (exact) mass is 212 g/mol. The molecule has 0 aromatic rings. The third kappa shape index (κ3) is 13.2. The third-order valence-corrected chi connectivity index (χ3v) is 2.50. The van der Waals surface area contributed by atoms with Gasteiger partial charge >= 0.3 is 5.97 Å². The van der Waals surface area contributed by atoms with E-state index in [2.05, 4.69) is 19.1 Å². The lowest BCUT2D eigenvalue weighted by Gasteiger charge is -1.99. The molecule has 0 bridgehead atoms. The van der Waals surface area contributed by atoms with Crippen LogP contribution in [0, 0.1) is 0 Å². The molecule has 1 N–H and O–H groups in total. The van der Waals surface area contributed by atoms with Gasteiger partial charge in [0.05, 0.1) is 0 Å². The number of hydrogen-bond acceptors (Lipinski definition) is 1. The molecule has 0 radical (unpaired) electrons. The van der Waals surface area contributed by atoms with Crippen molar-refractivity contribution in [3.8, 4) is 0 Å². The van der Waals surface area contributed by atoms with Crippen LogP contribution in [0.5, 0.6) is 0 Å². The molecule has 0 unspecified atom stereocenters. The van der Waals surface area contributed by atoms with E-state index in [-0.39, 0.29) is 0 Å². The minimum atomic E-state index is -0.665. The van der Waals surface area contributed by atoms with Crippen LogP contribution in [0.2, 0.25) is 0 Å². The van der Waals surface area contributed by atoms with Crippen molar-refractivity contribution in [1.29, 1.82) is 0 Å². The molecular formula is C13H24O2. The van der Waals surface area contributed by atoms with Gasteiger partial charge in [0.25, 0.3) is 0 Å². The molecule has 0 spiro atoms. The molecule has 0 saturated heterocycles. The maximum Gasteiger partial charge on any atom is 0.303 e. The second-order valence-electron chi connectivity index (χ2n) is 3.98. The summed E-state index contributed by atoms with van der Waals surface area (Å²) in [4.78, 5) is 10.2. The SMILES string of the molecule is CC=CCCCCCCCCCC(=O)O. The first-order chi connectivity index (χ1) is 7.27. The van der Waals surface area contributed by atoms with Gasteiger partial charge in [-0.3, -0.25) is 4.79 Å². The predicted molar refractivity (Wildman–Crippen MR) is 64.0 cm³/mol. The van der Waals surface area contributed by atoms with Gasteiger partial charge in [0.2, 0.25) is 0 Å². The van der Waals surface area contributed by atoms with Crippen molar-refractivity contribution >= 4 is 5.97 Å². The Hall–Kier alpha value is -0.790. The maximum atomic E-state index is 10.2. The summed E-state index contributed by atoms with van der Waals surface area (Å²) in [5.74, 6) is -0.665. The van der Waals surface area contributed by atoms with Gasteiger partial charge < -0.3 is 5.11 Å². The van der Waals surface area contributed by atoms with Crippen molar-refractivity contribution in [3.63, 3.8) is 0 Å². The number of carboxylic acids is 1. The molecule has 0 aliphatic carbocycles. The van der Waals surface area contributed by atoms with E-state index >= 15 is 0 Å². The number of hydrogen-bond donors (Lipinski definition) is 1. The van der Waals surface area contributed by atoms with E-state index in [9.17, 15) is 4.79 Å². The number of carbonyl (C=O) groups is 1. The molecule has 0 aliphatic heterocycles. The average molecular weight is 212 g/mol. The van der Waals surface area contributed by atoms with Crippen molar-refractivity contribution in [1.82, 2.24) is 0 Å². The molecule has 0 saturated carbocycles. The molecule has 0 heterocycles. The Labute approximate surface area is 93.4 Å². The first-order valence-corrected chi connectivity index (χ1v) is 6.10. The number of carboxylic acid groups (broad SMARTS) is 1. The molecule has 2 nitrogen and oxygen atoms in total. The van der Waals surface area contributed by atoms with Crippen LogP contribution >= 0.6 is 0 Å². The predicted octanol–water partition coefficient (Wildman–Crippen LogP) is 4.16. The zero-order valence-corrected chi connectivity index (χ0v) is 9.87. The van der Waals surface area contributed by atoms with Crippen LogP contribution in [0.1, 0.15) is 64.7 Å². The van der Waals surface area contributed by atoms with E-state index < -0.39 is 5.97 Å². The van der Waals surface area contributed by atoms with Crippen molar-refractivity contribution in [3.05, 3.63) is 12.2 Å². The van der Waals surface area contributed by atoms with Crippen LogP contribution in [-0.4, -0.2) is 11.1 Å². The van der Waals surface area contributed by atoms with Crippen LogP contribution < -0.4 is 0 Å². The molecular weight excluding hydrogens is 188 g/mol. The van der Waals surface area contributed by atoms with E-state index in [0.29, 0.717) is 6.42 Å². The molecule has 0 fully saturated rings. The Kier molecular flexibility index (Phi) is 10.7. The van der Waals surface area contributed by atoms with Gasteiger partial charge in [-0.1, -0.05) is 44.3 Å². The standard InChI is InChI=1S/C13H24O2/c1-2-3-4-5-6-7-8-9-10-11-12-13(14)15/h2-3H,4-12H2,1H3,(H,14,15). The summed E-state index contributed by atoms with van der Waals surface area (Å²) in [5, 5.41) is 8.43. The quantitative estimate of drug-likeness (QED) is 0.436. The molecule has 2 heteroatoms. The van der Waals surface area contributed by atoms with Gasteiger partial charge in [0.1, 0.15) is 0 Å². The highest BCUT2D eigenvalue weighted by Crippen LogP contribution is 2.09. The van der Waals surface area contributed by atoms with E-state index in [1.54, 1.807) is 0 Å². The Bertz CT molecular complexity index is 173. The molecule has 0 rings (SSSR count). The van der Waals surface area contributed by atoms with Crippen LogP contribution in [-0.2, 0) is 4.79 Å². The van der Waals surface area contributed by atoms with Gasteiger partial charge in [-0.15, -0.1) is 0 Å². The second kappa shape index (κ2) is 11.3.